The van der Waals surface area contributed by atoms with Gasteiger partial charge in [0.2, 0.25) is 0 Å². The topological polar surface area (TPSA) is 48.7 Å². The summed E-state index contributed by atoms with van der Waals surface area (Å²) in [6, 6.07) is 13.6. The largest absolute Gasteiger partial charge is 0.366 e. The minimum absolute atomic E-state index is 0.656. The van der Waals surface area contributed by atoms with Gasteiger partial charge in [-0.15, -0.1) is 0 Å². The highest BCUT2D eigenvalue weighted by Gasteiger charge is 2.00. The average molecular weight is 302 g/mol. The quantitative estimate of drug-likeness (QED) is 0.941. The third-order valence-electron chi connectivity index (χ3n) is 2.55. The summed E-state index contributed by atoms with van der Waals surface area (Å²) >= 11 is 3.42. The lowest BCUT2D eigenvalue weighted by Gasteiger charge is -2.07. The van der Waals surface area contributed by atoms with Crippen molar-refractivity contribution in [1.82, 2.24) is 4.98 Å². The van der Waals surface area contributed by atoms with E-state index in [-0.39, 0.29) is 0 Å². The van der Waals surface area contributed by atoms with E-state index in [1.54, 1.807) is 6.07 Å². The van der Waals surface area contributed by atoms with Gasteiger partial charge in [-0.05, 0) is 52.7 Å². The Hall–Kier alpha value is -1.86. The van der Waals surface area contributed by atoms with Crippen LogP contribution in [0.2, 0.25) is 0 Å². The van der Waals surface area contributed by atoms with E-state index < -0.39 is 0 Å². The first-order valence-corrected chi connectivity index (χ1v) is 6.34. The fraction of sp³-hybridized carbons (Fsp3) is 0.143. The van der Waals surface area contributed by atoms with Gasteiger partial charge in [0.25, 0.3) is 0 Å². The Balaban J connectivity index is 2.07. The molecule has 0 unspecified atom stereocenters. The van der Waals surface area contributed by atoms with Crippen molar-refractivity contribution in [3.63, 3.8) is 0 Å². The van der Waals surface area contributed by atoms with Crippen molar-refractivity contribution in [2.45, 2.75) is 13.5 Å². The number of benzene rings is 1. The summed E-state index contributed by atoms with van der Waals surface area (Å²) in [6.07, 6.45) is 0. The zero-order valence-corrected chi connectivity index (χ0v) is 11.5. The van der Waals surface area contributed by atoms with Crippen LogP contribution in [-0.4, -0.2) is 4.98 Å². The highest BCUT2D eigenvalue weighted by Crippen LogP contribution is 2.16. The summed E-state index contributed by atoms with van der Waals surface area (Å²) in [4.78, 5) is 4.41. The third-order valence-corrected chi connectivity index (χ3v) is 3.39. The Kier molecular flexibility index (Phi) is 3.96. The number of nitrogens with one attached hydrogen (secondary N) is 1. The van der Waals surface area contributed by atoms with Crippen molar-refractivity contribution in [3.8, 4) is 6.07 Å². The van der Waals surface area contributed by atoms with Crippen LogP contribution in [0, 0.1) is 18.3 Å². The van der Waals surface area contributed by atoms with Crippen LogP contribution in [0.25, 0.3) is 0 Å². The summed E-state index contributed by atoms with van der Waals surface area (Å²) in [5, 5.41) is 12.1. The molecule has 1 N–H and O–H groups in total. The molecule has 4 heteroatoms. The van der Waals surface area contributed by atoms with Crippen molar-refractivity contribution >= 4 is 21.7 Å². The van der Waals surface area contributed by atoms with Crippen molar-refractivity contribution in [2.75, 3.05) is 5.32 Å². The van der Waals surface area contributed by atoms with Gasteiger partial charge in [0, 0.05) is 11.0 Å². The number of anilines is 1. The third kappa shape index (κ3) is 3.08. The number of rotatable bonds is 3. The average Bonchev–Trinajstić information content (AvgIpc) is 2.40. The number of hydrogen-bond donors (Lipinski definition) is 1. The molecule has 1 aromatic heterocycles. The maximum Gasteiger partial charge on any atom is 0.126 e. The molecule has 0 saturated heterocycles. The van der Waals surface area contributed by atoms with Crippen LogP contribution >= 0.6 is 15.9 Å². The zero-order valence-electron chi connectivity index (χ0n) is 9.94. The molecule has 0 aliphatic rings. The lowest BCUT2D eigenvalue weighted by atomic mass is 10.1. The molecule has 0 bridgehead atoms. The van der Waals surface area contributed by atoms with Crippen LogP contribution in [0.1, 0.15) is 16.8 Å². The number of aromatic nitrogens is 1. The van der Waals surface area contributed by atoms with Crippen LogP contribution in [0.3, 0.4) is 0 Å². The molecule has 0 atom stereocenters. The second kappa shape index (κ2) is 5.65. The molecular formula is C14H12BrN3. The van der Waals surface area contributed by atoms with Gasteiger partial charge in [0.15, 0.2) is 0 Å². The standard InChI is InChI=1S/C14H12BrN3/c1-10-13(15)5-6-14(18-10)17-9-12-4-2-3-11(7-12)8-16/h2-7H,9H2,1H3,(H,17,18). The van der Waals surface area contributed by atoms with E-state index in [1.807, 2.05) is 37.3 Å². The molecule has 90 valence electrons. The van der Waals surface area contributed by atoms with Gasteiger partial charge in [0.1, 0.15) is 5.82 Å². The molecule has 0 spiro atoms. The van der Waals surface area contributed by atoms with Crippen molar-refractivity contribution in [2.24, 2.45) is 0 Å². The van der Waals surface area contributed by atoms with Crippen LogP contribution in [0.15, 0.2) is 40.9 Å². The molecule has 2 rings (SSSR count). The van der Waals surface area contributed by atoms with Crippen molar-refractivity contribution < 1.29 is 0 Å². The first-order chi connectivity index (χ1) is 8.69. The molecule has 0 saturated carbocycles. The van der Waals surface area contributed by atoms with Crippen LogP contribution < -0.4 is 5.32 Å². The van der Waals surface area contributed by atoms with Gasteiger partial charge < -0.3 is 5.32 Å². The number of halogens is 1. The van der Waals surface area contributed by atoms with Crippen LogP contribution in [-0.2, 0) is 6.54 Å². The molecule has 0 amide bonds. The van der Waals surface area contributed by atoms with Crippen molar-refractivity contribution in [1.29, 1.82) is 5.26 Å². The summed E-state index contributed by atoms with van der Waals surface area (Å²) in [5.74, 6) is 0.832. The minimum atomic E-state index is 0.656. The predicted octanol–water partition coefficient (Wildman–Crippen LogP) is 3.64. The Labute approximate surface area is 115 Å². The van der Waals surface area contributed by atoms with Crippen LogP contribution in [0.4, 0.5) is 5.82 Å². The van der Waals surface area contributed by atoms with Gasteiger partial charge in [-0.1, -0.05) is 12.1 Å². The SMILES string of the molecule is Cc1nc(NCc2cccc(C#N)c2)ccc1Br. The van der Waals surface area contributed by atoms with E-state index >= 15 is 0 Å². The van der Waals surface area contributed by atoms with Gasteiger partial charge >= 0.3 is 0 Å². The Bertz CT molecular complexity index is 602. The number of pyridine rings is 1. The number of nitrogens with zero attached hydrogens (tertiary/aromatic N) is 2. The zero-order chi connectivity index (χ0) is 13.0. The van der Waals surface area contributed by atoms with Gasteiger partial charge in [-0.2, -0.15) is 5.26 Å². The van der Waals surface area contributed by atoms with Crippen molar-refractivity contribution in [3.05, 3.63) is 57.7 Å². The maximum atomic E-state index is 8.83. The molecule has 0 fully saturated rings. The molecule has 0 radical (unpaired) electrons. The second-order valence-electron chi connectivity index (χ2n) is 3.93. The van der Waals surface area contributed by atoms with E-state index in [4.69, 9.17) is 5.26 Å². The number of aryl methyl sites for hydroxylation is 1. The lowest BCUT2D eigenvalue weighted by Crippen LogP contribution is -2.02. The molecule has 0 aliphatic carbocycles. The molecule has 18 heavy (non-hydrogen) atoms. The lowest BCUT2D eigenvalue weighted by molar-refractivity contribution is 1.08. The number of hydrogen-bond acceptors (Lipinski definition) is 3. The maximum absolute atomic E-state index is 8.83. The Morgan fingerprint density at radius 3 is 2.89 bits per heavy atom. The summed E-state index contributed by atoms with van der Waals surface area (Å²) in [5.41, 5.74) is 2.69. The monoisotopic (exact) mass is 301 g/mol. The number of nitriles is 1. The molecular weight excluding hydrogens is 290 g/mol. The normalized spacial score (nSPS) is 9.83. The van der Waals surface area contributed by atoms with E-state index in [0.29, 0.717) is 12.1 Å². The Morgan fingerprint density at radius 1 is 1.33 bits per heavy atom. The van der Waals surface area contributed by atoms with E-state index in [1.165, 1.54) is 0 Å². The Morgan fingerprint density at radius 2 is 2.17 bits per heavy atom. The van der Waals surface area contributed by atoms with E-state index in [2.05, 4.69) is 32.3 Å². The predicted molar refractivity (Wildman–Crippen MR) is 75.2 cm³/mol. The van der Waals surface area contributed by atoms with Gasteiger partial charge in [0.05, 0.1) is 17.3 Å². The van der Waals surface area contributed by atoms with E-state index in [9.17, 15) is 0 Å². The fourth-order valence-corrected chi connectivity index (χ4v) is 1.81. The first kappa shape index (κ1) is 12.6. The summed E-state index contributed by atoms with van der Waals surface area (Å²) in [7, 11) is 0. The molecule has 2 aromatic rings. The molecule has 0 aliphatic heterocycles. The first-order valence-electron chi connectivity index (χ1n) is 5.55. The molecule has 3 nitrogen and oxygen atoms in total. The molecule has 1 aromatic carbocycles. The van der Waals surface area contributed by atoms with E-state index in [0.717, 1.165) is 21.5 Å². The fourth-order valence-electron chi connectivity index (χ4n) is 1.59. The highest BCUT2D eigenvalue weighted by molar-refractivity contribution is 9.10. The van der Waals surface area contributed by atoms with Gasteiger partial charge in [-0.3, -0.25) is 0 Å². The minimum Gasteiger partial charge on any atom is -0.366 e. The molecule has 1 heterocycles. The summed E-state index contributed by atoms with van der Waals surface area (Å²) < 4.78 is 1.000. The summed E-state index contributed by atoms with van der Waals surface area (Å²) in [6.45, 7) is 2.61. The van der Waals surface area contributed by atoms with Crippen LogP contribution in [0.5, 0.6) is 0 Å². The second-order valence-corrected chi connectivity index (χ2v) is 4.78. The van der Waals surface area contributed by atoms with Gasteiger partial charge in [-0.25, -0.2) is 4.98 Å². The highest BCUT2D eigenvalue weighted by atomic mass is 79.9. The smallest absolute Gasteiger partial charge is 0.126 e.